The van der Waals surface area contributed by atoms with Crippen molar-refractivity contribution < 1.29 is 0 Å². The van der Waals surface area contributed by atoms with Crippen LogP contribution in [-0.4, -0.2) is 4.98 Å². The second kappa shape index (κ2) is 4.74. The zero-order valence-corrected chi connectivity index (χ0v) is 11.8. The van der Waals surface area contributed by atoms with Gasteiger partial charge in [0.25, 0.3) is 0 Å². The molecule has 0 aliphatic rings. The molecule has 0 unspecified atom stereocenters. The van der Waals surface area contributed by atoms with Gasteiger partial charge in [0.2, 0.25) is 5.56 Å². The molecule has 1 aromatic heterocycles. The summed E-state index contributed by atoms with van der Waals surface area (Å²) < 4.78 is 0. The van der Waals surface area contributed by atoms with Crippen molar-refractivity contribution in [2.24, 2.45) is 0 Å². The van der Waals surface area contributed by atoms with Crippen molar-refractivity contribution in [3.63, 3.8) is 0 Å². The van der Waals surface area contributed by atoms with Crippen molar-refractivity contribution in [2.75, 3.05) is 5.73 Å². The Hall–Kier alpha value is -3.07. The third-order valence-electron chi connectivity index (χ3n) is 3.93. The number of hydrogen-bond acceptors (Lipinski definition) is 2. The molecule has 3 aromatic carbocycles. The number of anilines is 1. The van der Waals surface area contributed by atoms with Crippen LogP contribution in [0.3, 0.4) is 0 Å². The Balaban J connectivity index is 2.16. The van der Waals surface area contributed by atoms with Crippen LogP contribution in [-0.2, 0) is 0 Å². The maximum Gasteiger partial charge on any atom is 0.248 e. The highest BCUT2D eigenvalue weighted by Crippen LogP contribution is 2.34. The molecule has 3 heteroatoms. The van der Waals surface area contributed by atoms with E-state index in [0.29, 0.717) is 5.69 Å². The highest BCUT2D eigenvalue weighted by Gasteiger charge is 2.09. The highest BCUT2D eigenvalue weighted by molar-refractivity contribution is 6.05. The van der Waals surface area contributed by atoms with Crippen LogP contribution in [0.1, 0.15) is 0 Å². The lowest BCUT2D eigenvalue weighted by Gasteiger charge is -2.11. The maximum atomic E-state index is 11.7. The summed E-state index contributed by atoms with van der Waals surface area (Å²) in [5.74, 6) is 0. The van der Waals surface area contributed by atoms with E-state index in [-0.39, 0.29) is 5.56 Å². The number of H-pyrrole nitrogens is 1. The fourth-order valence-electron chi connectivity index (χ4n) is 2.96. The number of pyridine rings is 1. The van der Waals surface area contributed by atoms with Crippen molar-refractivity contribution >= 4 is 27.4 Å². The van der Waals surface area contributed by atoms with Gasteiger partial charge in [-0.15, -0.1) is 0 Å². The zero-order chi connectivity index (χ0) is 15.1. The average Bonchev–Trinajstić information content (AvgIpc) is 2.54. The van der Waals surface area contributed by atoms with Gasteiger partial charge in [0.15, 0.2) is 0 Å². The molecule has 0 saturated carbocycles. The average molecular weight is 286 g/mol. The summed E-state index contributed by atoms with van der Waals surface area (Å²) in [7, 11) is 0. The molecule has 106 valence electrons. The van der Waals surface area contributed by atoms with E-state index in [1.165, 1.54) is 6.07 Å². The van der Waals surface area contributed by atoms with Crippen LogP contribution in [0.2, 0.25) is 0 Å². The van der Waals surface area contributed by atoms with Gasteiger partial charge in [-0.2, -0.15) is 0 Å². The Bertz CT molecular complexity index is 1060. The van der Waals surface area contributed by atoms with Gasteiger partial charge in [-0.05, 0) is 34.5 Å². The van der Waals surface area contributed by atoms with Gasteiger partial charge >= 0.3 is 0 Å². The third kappa shape index (κ3) is 1.95. The molecular weight excluding hydrogens is 272 g/mol. The van der Waals surface area contributed by atoms with Crippen LogP contribution in [0.25, 0.3) is 32.8 Å². The molecule has 0 aliphatic carbocycles. The molecule has 0 atom stereocenters. The first-order valence-electron chi connectivity index (χ1n) is 7.13. The summed E-state index contributed by atoms with van der Waals surface area (Å²) in [6.07, 6.45) is 0. The van der Waals surface area contributed by atoms with Crippen LogP contribution in [0.5, 0.6) is 0 Å². The van der Waals surface area contributed by atoms with Gasteiger partial charge in [-0.1, -0.05) is 42.5 Å². The molecule has 4 rings (SSSR count). The quantitative estimate of drug-likeness (QED) is 0.521. The molecule has 0 aliphatic heterocycles. The molecule has 1 heterocycles. The molecule has 0 fully saturated rings. The molecular formula is C19H14N2O. The molecule has 22 heavy (non-hydrogen) atoms. The molecule has 3 N–H and O–H groups in total. The summed E-state index contributed by atoms with van der Waals surface area (Å²) in [4.78, 5) is 14.7. The first-order valence-corrected chi connectivity index (χ1v) is 7.13. The van der Waals surface area contributed by atoms with Gasteiger partial charge in [0.05, 0.1) is 5.52 Å². The monoisotopic (exact) mass is 286 g/mol. The van der Waals surface area contributed by atoms with E-state index >= 15 is 0 Å². The number of hydrogen-bond donors (Lipinski definition) is 2. The molecule has 0 spiro atoms. The first-order chi connectivity index (χ1) is 10.7. The van der Waals surface area contributed by atoms with Crippen LogP contribution in [0.15, 0.2) is 71.5 Å². The molecule has 0 bridgehead atoms. The minimum atomic E-state index is -0.112. The Labute approximate surface area is 127 Å². The lowest BCUT2D eigenvalue weighted by Crippen LogP contribution is -2.04. The Morgan fingerprint density at radius 3 is 2.50 bits per heavy atom. The van der Waals surface area contributed by atoms with Crippen LogP contribution in [0, 0.1) is 0 Å². The zero-order valence-electron chi connectivity index (χ0n) is 11.8. The van der Waals surface area contributed by atoms with Gasteiger partial charge in [-0.3, -0.25) is 4.79 Å². The van der Waals surface area contributed by atoms with Crippen molar-refractivity contribution in [2.45, 2.75) is 0 Å². The molecule has 0 amide bonds. The van der Waals surface area contributed by atoms with E-state index in [2.05, 4.69) is 29.2 Å². The summed E-state index contributed by atoms with van der Waals surface area (Å²) in [5, 5.41) is 3.23. The van der Waals surface area contributed by atoms with Crippen molar-refractivity contribution in [3.05, 3.63) is 77.1 Å². The van der Waals surface area contributed by atoms with Gasteiger partial charge in [0, 0.05) is 22.7 Å². The van der Waals surface area contributed by atoms with Crippen molar-refractivity contribution in [1.82, 2.24) is 4.98 Å². The summed E-state index contributed by atoms with van der Waals surface area (Å²) in [6, 6.07) is 21.5. The summed E-state index contributed by atoms with van der Waals surface area (Å²) in [5.41, 5.74) is 9.46. The van der Waals surface area contributed by atoms with E-state index in [0.717, 1.165) is 32.8 Å². The topological polar surface area (TPSA) is 58.9 Å². The number of nitrogens with two attached hydrogens (primary N) is 1. The number of benzene rings is 3. The highest BCUT2D eigenvalue weighted by atomic mass is 16.1. The smallest absolute Gasteiger partial charge is 0.248 e. The van der Waals surface area contributed by atoms with Crippen molar-refractivity contribution in [3.8, 4) is 11.1 Å². The lowest BCUT2D eigenvalue weighted by atomic mass is 9.96. The first kappa shape index (κ1) is 12.7. The second-order valence-electron chi connectivity index (χ2n) is 5.38. The predicted molar refractivity (Wildman–Crippen MR) is 91.9 cm³/mol. The number of aromatic nitrogens is 1. The number of nitrogens with one attached hydrogen (secondary N) is 1. The van der Waals surface area contributed by atoms with E-state index in [9.17, 15) is 4.79 Å². The fraction of sp³-hybridized carbons (Fsp3) is 0. The summed E-state index contributed by atoms with van der Waals surface area (Å²) in [6.45, 7) is 0. The van der Waals surface area contributed by atoms with E-state index in [1.54, 1.807) is 6.07 Å². The minimum Gasteiger partial charge on any atom is -0.399 e. The molecule has 0 saturated heterocycles. The Morgan fingerprint density at radius 2 is 1.59 bits per heavy atom. The minimum absolute atomic E-state index is 0.112. The number of nitrogen functional groups attached to an aromatic ring is 1. The number of fused-ring (bicyclic) bond motifs is 2. The third-order valence-corrected chi connectivity index (χ3v) is 3.93. The standard InChI is InChI=1S/C19H14N2O/c20-14-10-13-8-9-18(22)21-19(13)17(11-14)16-7-3-5-12-4-1-2-6-15(12)16/h1-11H,20H2,(H,21,22). The van der Waals surface area contributed by atoms with Crippen LogP contribution >= 0.6 is 0 Å². The lowest BCUT2D eigenvalue weighted by molar-refractivity contribution is 1.31. The van der Waals surface area contributed by atoms with Crippen LogP contribution < -0.4 is 11.3 Å². The fourth-order valence-corrected chi connectivity index (χ4v) is 2.96. The summed E-state index contributed by atoms with van der Waals surface area (Å²) >= 11 is 0. The molecule has 4 aromatic rings. The Morgan fingerprint density at radius 1 is 0.773 bits per heavy atom. The normalized spacial score (nSPS) is 11.1. The van der Waals surface area contributed by atoms with E-state index in [4.69, 9.17) is 5.73 Å². The maximum absolute atomic E-state index is 11.7. The second-order valence-corrected chi connectivity index (χ2v) is 5.38. The van der Waals surface area contributed by atoms with Gasteiger partial charge < -0.3 is 10.7 Å². The van der Waals surface area contributed by atoms with Gasteiger partial charge in [-0.25, -0.2) is 0 Å². The number of rotatable bonds is 1. The van der Waals surface area contributed by atoms with E-state index in [1.807, 2.05) is 30.3 Å². The predicted octanol–water partition coefficient (Wildman–Crippen LogP) is 3.93. The van der Waals surface area contributed by atoms with Crippen molar-refractivity contribution in [1.29, 1.82) is 0 Å². The number of aromatic amines is 1. The van der Waals surface area contributed by atoms with Crippen LogP contribution in [0.4, 0.5) is 5.69 Å². The SMILES string of the molecule is Nc1cc(-c2cccc3ccccc23)c2[nH]c(=O)ccc2c1. The largest absolute Gasteiger partial charge is 0.399 e. The van der Waals surface area contributed by atoms with E-state index < -0.39 is 0 Å². The molecule has 3 nitrogen and oxygen atoms in total. The Kier molecular flexibility index (Phi) is 2.73. The molecule has 0 radical (unpaired) electrons. The van der Waals surface area contributed by atoms with Gasteiger partial charge in [0.1, 0.15) is 0 Å².